The van der Waals surface area contributed by atoms with E-state index in [1.54, 1.807) is 0 Å². The van der Waals surface area contributed by atoms with Gasteiger partial charge in [0.2, 0.25) is 5.91 Å². The fraction of sp³-hybridized carbons (Fsp3) is 0.364. The van der Waals surface area contributed by atoms with Crippen LogP contribution in [0.2, 0.25) is 0 Å². The molecular weight excluding hydrogens is 288 g/mol. The number of nitrogen functional groups attached to an aromatic ring is 1. The monoisotopic (exact) mass is 300 g/mol. The van der Waals surface area contributed by atoms with Crippen LogP contribution < -0.4 is 11.1 Å². The minimum absolute atomic E-state index is 0.0924. The van der Waals surface area contributed by atoms with Crippen molar-refractivity contribution in [2.24, 2.45) is 0 Å². The summed E-state index contributed by atoms with van der Waals surface area (Å²) in [6.45, 7) is 0. The minimum Gasteiger partial charge on any atom is -0.398 e. The third-order valence-electron chi connectivity index (χ3n) is 2.27. The molecule has 0 aliphatic heterocycles. The van der Waals surface area contributed by atoms with Crippen LogP contribution in [0.25, 0.3) is 0 Å². The highest BCUT2D eigenvalue weighted by Crippen LogP contribution is 2.28. The normalized spacial score (nSPS) is 14.8. The summed E-state index contributed by atoms with van der Waals surface area (Å²) in [6.07, 6.45) is 2.24. The Kier molecular flexibility index (Phi) is 3.76. The number of anilines is 1. The lowest BCUT2D eigenvalue weighted by molar-refractivity contribution is -0.118. The van der Waals surface area contributed by atoms with Gasteiger partial charge in [-0.3, -0.25) is 4.79 Å². The topological polar surface area (TPSA) is 55.1 Å². The zero-order valence-corrected chi connectivity index (χ0v) is 11.1. The van der Waals surface area contributed by atoms with Crippen LogP contribution in [-0.2, 0) is 4.79 Å². The lowest BCUT2D eigenvalue weighted by Gasteiger charge is -2.06. The van der Waals surface area contributed by atoms with E-state index in [0.29, 0.717) is 17.5 Å². The van der Waals surface area contributed by atoms with Gasteiger partial charge in [-0.15, -0.1) is 11.8 Å². The second kappa shape index (κ2) is 5.10. The van der Waals surface area contributed by atoms with E-state index in [-0.39, 0.29) is 5.91 Å². The van der Waals surface area contributed by atoms with Gasteiger partial charge in [0.25, 0.3) is 0 Å². The number of hydrogen-bond donors (Lipinski definition) is 2. The molecule has 0 saturated heterocycles. The molecule has 1 aliphatic carbocycles. The van der Waals surface area contributed by atoms with Crippen molar-refractivity contribution in [1.82, 2.24) is 5.32 Å². The molecular formula is C11H13BrN2OS. The molecule has 86 valence electrons. The molecule has 0 radical (unpaired) electrons. The quantitative estimate of drug-likeness (QED) is 0.663. The molecule has 0 atom stereocenters. The van der Waals surface area contributed by atoms with Crippen molar-refractivity contribution < 1.29 is 4.79 Å². The Morgan fingerprint density at radius 2 is 2.31 bits per heavy atom. The SMILES string of the molecule is Nc1cc(Br)ccc1SCC(=O)NC1CC1. The molecule has 0 bridgehead atoms. The summed E-state index contributed by atoms with van der Waals surface area (Å²) in [6, 6.07) is 6.13. The van der Waals surface area contributed by atoms with Crippen LogP contribution in [0, 0.1) is 0 Å². The lowest BCUT2D eigenvalue weighted by atomic mass is 10.3. The molecule has 0 unspecified atom stereocenters. The molecule has 0 aromatic heterocycles. The number of halogens is 1. The van der Waals surface area contributed by atoms with Gasteiger partial charge >= 0.3 is 0 Å². The predicted molar refractivity (Wildman–Crippen MR) is 70.4 cm³/mol. The zero-order chi connectivity index (χ0) is 11.5. The van der Waals surface area contributed by atoms with Crippen molar-refractivity contribution in [1.29, 1.82) is 0 Å². The first-order valence-electron chi connectivity index (χ1n) is 5.12. The number of carbonyl (C=O) groups excluding carboxylic acids is 1. The second-order valence-corrected chi connectivity index (χ2v) is 5.75. The maximum atomic E-state index is 11.5. The van der Waals surface area contributed by atoms with Gasteiger partial charge < -0.3 is 11.1 Å². The molecule has 1 aliphatic rings. The third-order valence-corrected chi connectivity index (χ3v) is 3.86. The molecule has 16 heavy (non-hydrogen) atoms. The Morgan fingerprint density at radius 3 is 2.94 bits per heavy atom. The third kappa shape index (κ3) is 3.42. The molecule has 0 heterocycles. The highest BCUT2D eigenvalue weighted by atomic mass is 79.9. The summed E-state index contributed by atoms with van der Waals surface area (Å²) >= 11 is 4.82. The van der Waals surface area contributed by atoms with Crippen molar-refractivity contribution in [3.8, 4) is 0 Å². The van der Waals surface area contributed by atoms with Crippen LogP contribution in [-0.4, -0.2) is 17.7 Å². The number of thioether (sulfide) groups is 1. The van der Waals surface area contributed by atoms with Gasteiger partial charge in [-0.1, -0.05) is 15.9 Å². The van der Waals surface area contributed by atoms with E-state index < -0.39 is 0 Å². The number of carbonyl (C=O) groups is 1. The Balaban J connectivity index is 1.85. The van der Waals surface area contributed by atoms with E-state index in [1.165, 1.54) is 11.8 Å². The van der Waals surface area contributed by atoms with Gasteiger partial charge in [0, 0.05) is 21.1 Å². The van der Waals surface area contributed by atoms with E-state index in [1.807, 2.05) is 18.2 Å². The zero-order valence-electron chi connectivity index (χ0n) is 8.70. The summed E-state index contributed by atoms with van der Waals surface area (Å²) in [7, 11) is 0. The Labute approximate surface area is 107 Å². The molecule has 1 fully saturated rings. The van der Waals surface area contributed by atoms with Crippen LogP contribution in [0.3, 0.4) is 0 Å². The average Bonchev–Trinajstić information content (AvgIpc) is 3.00. The molecule has 1 amide bonds. The molecule has 1 saturated carbocycles. The number of nitrogens with one attached hydrogen (secondary N) is 1. The molecule has 0 spiro atoms. The first-order chi connectivity index (χ1) is 7.65. The molecule has 2 rings (SSSR count). The smallest absolute Gasteiger partial charge is 0.230 e. The molecule has 3 N–H and O–H groups in total. The van der Waals surface area contributed by atoms with Crippen LogP contribution >= 0.6 is 27.7 Å². The Hall–Kier alpha value is -0.680. The van der Waals surface area contributed by atoms with E-state index in [2.05, 4.69) is 21.2 Å². The van der Waals surface area contributed by atoms with Gasteiger partial charge in [-0.2, -0.15) is 0 Å². The van der Waals surface area contributed by atoms with Gasteiger partial charge in [-0.05, 0) is 31.0 Å². The number of amides is 1. The highest BCUT2D eigenvalue weighted by molar-refractivity contribution is 9.10. The fourth-order valence-electron chi connectivity index (χ4n) is 1.29. The van der Waals surface area contributed by atoms with E-state index in [9.17, 15) is 4.79 Å². The van der Waals surface area contributed by atoms with Crippen LogP contribution in [0.15, 0.2) is 27.6 Å². The van der Waals surface area contributed by atoms with Crippen molar-refractivity contribution in [3.63, 3.8) is 0 Å². The van der Waals surface area contributed by atoms with E-state index in [0.717, 1.165) is 22.2 Å². The summed E-state index contributed by atoms with van der Waals surface area (Å²) in [4.78, 5) is 12.4. The van der Waals surface area contributed by atoms with Gasteiger partial charge in [0.1, 0.15) is 0 Å². The van der Waals surface area contributed by atoms with Crippen molar-refractivity contribution >= 4 is 39.3 Å². The largest absolute Gasteiger partial charge is 0.398 e. The summed E-state index contributed by atoms with van der Waals surface area (Å²) in [5, 5.41) is 2.95. The molecule has 1 aromatic rings. The number of hydrogen-bond acceptors (Lipinski definition) is 3. The fourth-order valence-corrected chi connectivity index (χ4v) is 2.43. The summed E-state index contributed by atoms with van der Waals surface area (Å²) in [5.41, 5.74) is 6.55. The first-order valence-corrected chi connectivity index (χ1v) is 6.90. The van der Waals surface area contributed by atoms with Crippen LogP contribution in [0.5, 0.6) is 0 Å². The van der Waals surface area contributed by atoms with E-state index in [4.69, 9.17) is 5.73 Å². The standard InChI is InChI=1S/C11H13BrN2OS/c12-7-1-4-10(9(13)5-7)16-6-11(15)14-8-2-3-8/h1,4-5,8H,2-3,6,13H2,(H,14,15). The average molecular weight is 301 g/mol. The van der Waals surface area contributed by atoms with Gasteiger partial charge in [0.05, 0.1) is 5.75 Å². The molecule has 5 heteroatoms. The maximum absolute atomic E-state index is 11.5. The first kappa shape index (κ1) is 11.8. The summed E-state index contributed by atoms with van der Waals surface area (Å²) in [5.74, 6) is 0.525. The Morgan fingerprint density at radius 1 is 1.56 bits per heavy atom. The van der Waals surface area contributed by atoms with Crippen molar-refractivity contribution in [2.75, 3.05) is 11.5 Å². The van der Waals surface area contributed by atoms with Crippen LogP contribution in [0.4, 0.5) is 5.69 Å². The number of rotatable bonds is 4. The summed E-state index contributed by atoms with van der Waals surface area (Å²) < 4.78 is 0.955. The molecule has 3 nitrogen and oxygen atoms in total. The molecule has 1 aromatic carbocycles. The second-order valence-electron chi connectivity index (χ2n) is 3.81. The van der Waals surface area contributed by atoms with Crippen molar-refractivity contribution in [3.05, 3.63) is 22.7 Å². The number of benzene rings is 1. The highest BCUT2D eigenvalue weighted by Gasteiger charge is 2.23. The predicted octanol–water partition coefficient (Wildman–Crippen LogP) is 2.40. The van der Waals surface area contributed by atoms with Gasteiger partial charge in [0.15, 0.2) is 0 Å². The minimum atomic E-state index is 0.0924. The van der Waals surface area contributed by atoms with Crippen molar-refractivity contribution in [2.45, 2.75) is 23.8 Å². The van der Waals surface area contributed by atoms with Crippen LogP contribution in [0.1, 0.15) is 12.8 Å². The Bertz CT molecular complexity index is 407. The maximum Gasteiger partial charge on any atom is 0.230 e. The number of nitrogens with two attached hydrogens (primary N) is 1. The lowest BCUT2D eigenvalue weighted by Crippen LogP contribution is -2.26. The van der Waals surface area contributed by atoms with E-state index >= 15 is 0 Å². The van der Waals surface area contributed by atoms with Gasteiger partial charge in [-0.25, -0.2) is 0 Å².